The maximum Gasteiger partial charge on any atom is 0.0602 e. The van der Waals surface area contributed by atoms with Crippen molar-refractivity contribution in [2.45, 2.75) is 71.0 Å². The van der Waals surface area contributed by atoms with E-state index in [2.05, 4.69) is 20.8 Å². The van der Waals surface area contributed by atoms with Crippen LogP contribution in [0.25, 0.3) is 0 Å². The fourth-order valence-electron chi connectivity index (χ4n) is 2.62. The molecule has 0 N–H and O–H groups in total. The molecule has 0 aliphatic heterocycles. The molecule has 0 aromatic heterocycles. The summed E-state index contributed by atoms with van der Waals surface area (Å²) in [6, 6.07) is 0. The van der Waals surface area contributed by atoms with E-state index in [-0.39, 0.29) is 5.60 Å². The van der Waals surface area contributed by atoms with Gasteiger partial charge in [-0.25, -0.2) is 0 Å². The summed E-state index contributed by atoms with van der Waals surface area (Å²) in [5, 5.41) is 0. The van der Waals surface area contributed by atoms with Crippen LogP contribution in [0.3, 0.4) is 0 Å². The van der Waals surface area contributed by atoms with Gasteiger partial charge in [-0.15, -0.1) is 0 Å². The van der Waals surface area contributed by atoms with Crippen molar-refractivity contribution < 1.29 is 4.74 Å². The molecule has 2 saturated carbocycles. The quantitative estimate of drug-likeness (QED) is 0.603. The van der Waals surface area contributed by atoms with E-state index in [9.17, 15) is 0 Å². The van der Waals surface area contributed by atoms with E-state index in [1.54, 1.807) is 0 Å². The van der Waals surface area contributed by atoms with Crippen LogP contribution in [0, 0.1) is 5.41 Å². The van der Waals surface area contributed by atoms with Crippen LogP contribution in [0.4, 0.5) is 0 Å². The number of ether oxygens (including phenoxy) is 1. The zero-order chi connectivity index (χ0) is 9.53. The third-order valence-corrected chi connectivity index (χ3v) is 3.37. The molecule has 76 valence electrons. The van der Waals surface area contributed by atoms with E-state index >= 15 is 0 Å². The SMILES string of the molecule is CC(C)(C)OC1CCCC2(CC2)C1. The van der Waals surface area contributed by atoms with Gasteiger partial charge in [0.2, 0.25) is 0 Å². The molecule has 2 rings (SSSR count). The van der Waals surface area contributed by atoms with Crippen molar-refractivity contribution in [3.63, 3.8) is 0 Å². The van der Waals surface area contributed by atoms with E-state index in [1.807, 2.05) is 0 Å². The van der Waals surface area contributed by atoms with Gasteiger partial charge in [0, 0.05) is 0 Å². The Balaban J connectivity index is 1.86. The highest BCUT2D eigenvalue weighted by molar-refractivity contribution is 4.97. The first-order valence-electron chi connectivity index (χ1n) is 5.67. The first-order valence-corrected chi connectivity index (χ1v) is 5.67. The van der Waals surface area contributed by atoms with Gasteiger partial charge in [-0.3, -0.25) is 0 Å². The fraction of sp³-hybridized carbons (Fsp3) is 1.00. The molecule has 2 aliphatic rings. The molecule has 13 heavy (non-hydrogen) atoms. The van der Waals surface area contributed by atoms with Crippen molar-refractivity contribution in [1.29, 1.82) is 0 Å². The first kappa shape index (κ1) is 9.51. The van der Waals surface area contributed by atoms with Crippen LogP contribution < -0.4 is 0 Å². The average Bonchev–Trinajstić information content (AvgIpc) is 2.65. The van der Waals surface area contributed by atoms with E-state index in [0.717, 1.165) is 5.41 Å². The van der Waals surface area contributed by atoms with Crippen LogP contribution in [0.2, 0.25) is 0 Å². The third kappa shape index (κ3) is 2.46. The smallest absolute Gasteiger partial charge is 0.0602 e. The summed E-state index contributed by atoms with van der Waals surface area (Å²) in [5.41, 5.74) is 0.798. The Morgan fingerprint density at radius 3 is 2.38 bits per heavy atom. The first-order chi connectivity index (χ1) is 5.99. The van der Waals surface area contributed by atoms with Crippen LogP contribution in [0.5, 0.6) is 0 Å². The zero-order valence-electron chi connectivity index (χ0n) is 9.23. The summed E-state index contributed by atoms with van der Waals surface area (Å²) in [5.74, 6) is 0. The molecule has 1 nitrogen and oxygen atoms in total. The molecule has 1 unspecified atom stereocenters. The summed E-state index contributed by atoms with van der Waals surface area (Å²) in [4.78, 5) is 0. The van der Waals surface area contributed by atoms with Crippen LogP contribution >= 0.6 is 0 Å². The van der Waals surface area contributed by atoms with Gasteiger partial charge in [0.25, 0.3) is 0 Å². The summed E-state index contributed by atoms with van der Waals surface area (Å²) in [6.45, 7) is 6.50. The van der Waals surface area contributed by atoms with Crippen molar-refractivity contribution in [3.8, 4) is 0 Å². The van der Waals surface area contributed by atoms with Gasteiger partial charge in [0.05, 0.1) is 11.7 Å². The van der Waals surface area contributed by atoms with Crippen LogP contribution in [-0.4, -0.2) is 11.7 Å². The summed E-state index contributed by atoms with van der Waals surface area (Å²) >= 11 is 0. The molecule has 1 atom stereocenters. The Bertz CT molecular complexity index is 184. The maximum absolute atomic E-state index is 6.05. The highest BCUT2D eigenvalue weighted by Gasteiger charge is 2.46. The van der Waals surface area contributed by atoms with Crippen LogP contribution in [0.1, 0.15) is 59.3 Å². The zero-order valence-corrected chi connectivity index (χ0v) is 9.23. The molecule has 1 heteroatoms. The lowest BCUT2D eigenvalue weighted by molar-refractivity contribution is -0.0840. The summed E-state index contributed by atoms with van der Waals surface area (Å²) in [7, 11) is 0. The lowest BCUT2D eigenvalue weighted by Crippen LogP contribution is -2.31. The van der Waals surface area contributed by atoms with Gasteiger partial charge in [-0.1, -0.05) is 6.42 Å². The molecule has 0 amide bonds. The topological polar surface area (TPSA) is 9.23 Å². The molecule has 0 bridgehead atoms. The minimum Gasteiger partial charge on any atom is -0.373 e. The van der Waals surface area contributed by atoms with E-state index in [4.69, 9.17) is 4.74 Å². The largest absolute Gasteiger partial charge is 0.373 e. The molecule has 0 heterocycles. The van der Waals surface area contributed by atoms with Gasteiger partial charge in [0.1, 0.15) is 0 Å². The lowest BCUT2D eigenvalue weighted by Gasteiger charge is -2.34. The monoisotopic (exact) mass is 182 g/mol. The predicted molar refractivity (Wildman–Crippen MR) is 54.8 cm³/mol. The lowest BCUT2D eigenvalue weighted by atomic mass is 9.84. The molecule has 0 aromatic rings. The summed E-state index contributed by atoms with van der Waals surface area (Å²) in [6.07, 6.45) is 8.98. The van der Waals surface area contributed by atoms with Crippen LogP contribution in [-0.2, 0) is 4.74 Å². The van der Waals surface area contributed by atoms with E-state index in [0.29, 0.717) is 6.10 Å². The minimum atomic E-state index is 0.0537. The molecule has 2 aliphatic carbocycles. The minimum absolute atomic E-state index is 0.0537. The van der Waals surface area contributed by atoms with Crippen molar-refractivity contribution in [2.75, 3.05) is 0 Å². The third-order valence-electron chi connectivity index (χ3n) is 3.37. The Hall–Kier alpha value is -0.0400. The van der Waals surface area contributed by atoms with Gasteiger partial charge >= 0.3 is 0 Å². The van der Waals surface area contributed by atoms with Crippen molar-refractivity contribution in [1.82, 2.24) is 0 Å². The fourth-order valence-corrected chi connectivity index (χ4v) is 2.62. The molecule has 0 radical (unpaired) electrons. The number of hydrogen-bond donors (Lipinski definition) is 0. The highest BCUT2D eigenvalue weighted by Crippen LogP contribution is 2.56. The van der Waals surface area contributed by atoms with Crippen molar-refractivity contribution in [3.05, 3.63) is 0 Å². The Morgan fingerprint density at radius 1 is 1.15 bits per heavy atom. The van der Waals surface area contributed by atoms with Gasteiger partial charge in [-0.05, 0) is 58.3 Å². The molecule has 0 saturated heterocycles. The summed E-state index contributed by atoms with van der Waals surface area (Å²) < 4.78 is 6.05. The Morgan fingerprint density at radius 2 is 1.85 bits per heavy atom. The van der Waals surface area contributed by atoms with Gasteiger partial charge < -0.3 is 4.74 Å². The Kier molecular flexibility index (Phi) is 2.18. The molecular weight excluding hydrogens is 160 g/mol. The Labute approximate surface area is 81.9 Å². The normalized spacial score (nSPS) is 32.1. The van der Waals surface area contributed by atoms with E-state index < -0.39 is 0 Å². The van der Waals surface area contributed by atoms with Gasteiger partial charge in [0.15, 0.2) is 0 Å². The maximum atomic E-state index is 6.05. The molecule has 0 aromatic carbocycles. The predicted octanol–water partition coefficient (Wildman–Crippen LogP) is 3.52. The van der Waals surface area contributed by atoms with Crippen LogP contribution in [0.15, 0.2) is 0 Å². The second-order valence-electron chi connectivity index (χ2n) is 5.95. The highest BCUT2D eigenvalue weighted by atomic mass is 16.5. The van der Waals surface area contributed by atoms with Crippen molar-refractivity contribution in [2.24, 2.45) is 5.41 Å². The molecule has 2 fully saturated rings. The second kappa shape index (κ2) is 2.98. The van der Waals surface area contributed by atoms with Gasteiger partial charge in [-0.2, -0.15) is 0 Å². The van der Waals surface area contributed by atoms with Crippen molar-refractivity contribution >= 4 is 0 Å². The molecular formula is C12H22O. The molecule has 1 spiro atoms. The second-order valence-corrected chi connectivity index (χ2v) is 5.95. The standard InChI is InChI=1S/C12H22O/c1-11(2,3)13-10-5-4-6-12(9-10)7-8-12/h10H,4-9H2,1-3H3. The number of hydrogen-bond acceptors (Lipinski definition) is 1. The average molecular weight is 182 g/mol. The van der Waals surface area contributed by atoms with E-state index in [1.165, 1.54) is 38.5 Å². The number of rotatable bonds is 1.